The normalized spacial score (nSPS) is 17.8. The number of aryl methyl sites for hydroxylation is 2. The number of hydrogen-bond acceptors (Lipinski definition) is 5. The third-order valence-electron chi connectivity index (χ3n) is 4.68. The molecule has 8 heteroatoms. The summed E-state index contributed by atoms with van der Waals surface area (Å²) >= 11 is 0. The van der Waals surface area contributed by atoms with E-state index in [0.29, 0.717) is 6.54 Å². The first-order chi connectivity index (χ1) is 12.2. The van der Waals surface area contributed by atoms with Crippen LogP contribution in [0, 0.1) is 13.8 Å². The van der Waals surface area contributed by atoms with Crippen LogP contribution in [0.2, 0.25) is 0 Å². The van der Waals surface area contributed by atoms with Crippen LogP contribution in [0.25, 0.3) is 0 Å². The third-order valence-corrected chi connectivity index (χ3v) is 6.07. The molecule has 0 aliphatic carbocycles. The van der Waals surface area contributed by atoms with Gasteiger partial charge in [0.2, 0.25) is 10.0 Å². The summed E-state index contributed by atoms with van der Waals surface area (Å²) in [4.78, 5) is 25.7. The number of hydrogen-bond donors (Lipinski definition) is 1. The van der Waals surface area contributed by atoms with E-state index in [1.807, 2.05) is 20.8 Å². The van der Waals surface area contributed by atoms with E-state index in [4.69, 9.17) is 4.74 Å². The number of rotatable bonds is 6. The molecule has 1 fully saturated rings. The summed E-state index contributed by atoms with van der Waals surface area (Å²) in [6.07, 6.45) is 2.97. The number of carbonyl (C=O) groups is 2. The van der Waals surface area contributed by atoms with Gasteiger partial charge in [-0.05, 0) is 63.3 Å². The molecule has 1 amide bonds. The fourth-order valence-electron chi connectivity index (χ4n) is 2.86. The molecule has 0 saturated carbocycles. The Bertz CT molecular complexity index is 776. The van der Waals surface area contributed by atoms with E-state index in [-0.39, 0.29) is 23.5 Å². The van der Waals surface area contributed by atoms with Gasteiger partial charge in [0, 0.05) is 12.6 Å². The van der Waals surface area contributed by atoms with E-state index in [9.17, 15) is 18.0 Å². The summed E-state index contributed by atoms with van der Waals surface area (Å²) < 4.78 is 31.6. The number of benzene rings is 1. The number of carbonyl (C=O) groups excluding carboxylic acids is 2. The number of sulfonamides is 1. The summed E-state index contributed by atoms with van der Waals surface area (Å²) in [6.45, 7) is 5.45. The van der Waals surface area contributed by atoms with Crippen LogP contribution in [0.15, 0.2) is 23.1 Å². The zero-order valence-electron chi connectivity index (χ0n) is 15.4. The van der Waals surface area contributed by atoms with Crippen molar-refractivity contribution < 1.29 is 22.7 Å². The minimum atomic E-state index is -3.81. The van der Waals surface area contributed by atoms with E-state index >= 15 is 0 Å². The van der Waals surface area contributed by atoms with Gasteiger partial charge in [0.15, 0.2) is 6.61 Å². The van der Waals surface area contributed by atoms with Crippen molar-refractivity contribution in [2.24, 2.45) is 0 Å². The molecule has 0 unspecified atom stereocenters. The standard InChI is InChI=1S/C18H26N2O5S/c1-13-7-8-16(10-14(13)2)26(23,24)19-11-18(22)25-12-17(21)20-9-5-4-6-15(20)3/h7-8,10,15,19H,4-6,9,11-12H2,1-3H3/t15-/m0/s1. The van der Waals surface area contributed by atoms with E-state index in [1.165, 1.54) is 6.07 Å². The smallest absolute Gasteiger partial charge is 0.321 e. The van der Waals surface area contributed by atoms with Gasteiger partial charge in [-0.3, -0.25) is 9.59 Å². The number of piperidine rings is 1. The molecule has 0 spiro atoms. The van der Waals surface area contributed by atoms with E-state index in [1.54, 1.807) is 17.0 Å². The Hall–Kier alpha value is -1.93. The molecule has 1 saturated heterocycles. The SMILES string of the molecule is Cc1ccc(S(=O)(=O)NCC(=O)OCC(=O)N2CCCC[C@@H]2C)cc1C. The largest absolute Gasteiger partial charge is 0.455 e. The van der Waals surface area contributed by atoms with Crippen LogP contribution in [0.1, 0.15) is 37.3 Å². The van der Waals surface area contributed by atoms with Gasteiger partial charge in [0.05, 0.1) is 4.90 Å². The van der Waals surface area contributed by atoms with Gasteiger partial charge >= 0.3 is 5.97 Å². The Balaban J connectivity index is 1.84. The van der Waals surface area contributed by atoms with Crippen molar-refractivity contribution in [3.05, 3.63) is 29.3 Å². The highest BCUT2D eigenvalue weighted by molar-refractivity contribution is 7.89. The molecule has 1 aromatic rings. The van der Waals surface area contributed by atoms with Gasteiger partial charge in [-0.25, -0.2) is 8.42 Å². The van der Waals surface area contributed by atoms with Gasteiger partial charge in [-0.1, -0.05) is 6.07 Å². The van der Waals surface area contributed by atoms with Crippen LogP contribution in [-0.2, 0) is 24.3 Å². The summed E-state index contributed by atoms with van der Waals surface area (Å²) in [6, 6.07) is 4.88. The van der Waals surface area contributed by atoms with Crippen molar-refractivity contribution in [1.29, 1.82) is 0 Å². The molecule has 1 aliphatic rings. The van der Waals surface area contributed by atoms with Gasteiger partial charge in [0.25, 0.3) is 5.91 Å². The molecule has 2 rings (SSSR count). The average Bonchev–Trinajstić information content (AvgIpc) is 2.60. The first-order valence-corrected chi connectivity index (χ1v) is 10.2. The van der Waals surface area contributed by atoms with E-state index < -0.39 is 22.5 Å². The maximum atomic E-state index is 12.2. The van der Waals surface area contributed by atoms with Crippen molar-refractivity contribution >= 4 is 21.9 Å². The van der Waals surface area contributed by atoms with Crippen LogP contribution in [0.3, 0.4) is 0 Å². The van der Waals surface area contributed by atoms with Crippen molar-refractivity contribution in [3.8, 4) is 0 Å². The molecular weight excluding hydrogens is 356 g/mol. The fourth-order valence-corrected chi connectivity index (χ4v) is 3.92. The Morgan fingerprint density at radius 3 is 2.62 bits per heavy atom. The van der Waals surface area contributed by atoms with Crippen LogP contribution in [0.5, 0.6) is 0 Å². The number of nitrogens with zero attached hydrogens (tertiary/aromatic N) is 1. The molecule has 7 nitrogen and oxygen atoms in total. The van der Waals surface area contributed by atoms with Gasteiger partial charge in [-0.2, -0.15) is 4.72 Å². The van der Waals surface area contributed by atoms with Gasteiger partial charge < -0.3 is 9.64 Å². The molecule has 26 heavy (non-hydrogen) atoms. The van der Waals surface area contributed by atoms with E-state index in [0.717, 1.165) is 30.4 Å². The number of ether oxygens (including phenoxy) is 1. The summed E-state index contributed by atoms with van der Waals surface area (Å²) in [5.41, 5.74) is 1.82. The molecule has 0 aromatic heterocycles. The zero-order chi connectivity index (χ0) is 19.3. The summed E-state index contributed by atoms with van der Waals surface area (Å²) in [7, 11) is -3.81. The highest BCUT2D eigenvalue weighted by Crippen LogP contribution is 2.16. The Morgan fingerprint density at radius 1 is 1.23 bits per heavy atom. The topological polar surface area (TPSA) is 92.8 Å². The minimum Gasteiger partial charge on any atom is -0.455 e. The Kier molecular flexibility index (Phi) is 6.77. The molecule has 1 heterocycles. The highest BCUT2D eigenvalue weighted by atomic mass is 32.2. The van der Waals surface area contributed by atoms with Gasteiger partial charge in [-0.15, -0.1) is 0 Å². The monoisotopic (exact) mass is 382 g/mol. The second kappa shape index (κ2) is 8.64. The molecule has 1 aliphatic heterocycles. The quantitative estimate of drug-likeness (QED) is 0.753. The van der Waals surface area contributed by atoms with Crippen LogP contribution < -0.4 is 4.72 Å². The predicted octanol–water partition coefficient (Wildman–Crippen LogP) is 1.53. The lowest BCUT2D eigenvalue weighted by molar-refractivity contribution is -0.152. The summed E-state index contributed by atoms with van der Waals surface area (Å²) in [5, 5.41) is 0. The lowest BCUT2D eigenvalue weighted by Gasteiger charge is -2.33. The average molecular weight is 382 g/mol. The number of amides is 1. The number of esters is 1. The second-order valence-electron chi connectivity index (χ2n) is 6.66. The van der Waals surface area contributed by atoms with Crippen molar-refractivity contribution in [2.75, 3.05) is 19.7 Å². The molecule has 0 bridgehead atoms. The maximum absolute atomic E-state index is 12.2. The lowest BCUT2D eigenvalue weighted by Crippen LogP contribution is -2.44. The third kappa shape index (κ3) is 5.28. The Morgan fingerprint density at radius 2 is 1.96 bits per heavy atom. The molecule has 1 atom stereocenters. The van der Waals surface area contributed by atoms with E-state index in [2.05, 4.69) is 4.72 Å². The molecule has 1 N–H and O–H groups in total. The molecular formula is C18H26N2O5S. The van der Waals surface area contributed by atoms with Crippen LogP contribution >= 0.6 is 0 Å². The van der Waals surface area contributed by atoms with Crippen molar-refractivity contribution in [1.82, 2.24) is 9.62 Å². The first kappa shape index (κ1) is 20.4. The second-order valence-corrected chi connectivity index (χ2v) is 8.43. The van der Waals surface area contributed by atoms with Crippen molar-refractivity contribution in [2.45, 2.75) is 51.0 Å². The molecule has 0 radical (unpaired) electrons. The van der Waals surface area contributed by atoms with Gasteiger partial charge in [0.1, 0.15) is 6.54 Å². The fraction of sp³-hybridized carbons (Fsp3) is 0.556. The first-order valence-electron chi connectivity index (χ1n) is 8.72. The van der Waals surface area contributed by atoms with Crippen LogP contribution in [0.4, 0.5) is 0 Å². The maximum Gasteiger partial charge on any atom is 0.321 e. The molecule has 144 valence electrons. The summed E-state index contributed by atoms with van der Waals surface area (Å²) in [5.74, 6) is -1.03. The zero-order valence-corrected chi connectivity index (χ0v) is 16.3. The molecule has 1 aromatic carbocycles. The lowest BCUT2D eigenvalue weighted by atomic mass is 10.0. The highest BCUT2D eigenvalue weighted by Gasteiger charge is 2.24. The number of nitrogens with one attached hydrogen (secondary N) is 1. The predicted molar refractivity (Wildman–Crippen MR) is 97.1 cm³/mol. The number of likely N-dealkylation sites (tertiary alicyclic amines) is 1. The van der Waals surface area contributed by atoms with Crippen molar-refractivity contribution in [3.63, 3.8) is 0 Å². The van der Waals surface area contributed by atoms with Crippen LogP contribution in [-0.4, -0.2) is 50.9 Å². The minimum absolute atomic E-state index is 0.0895. The Labute approximate surface area is 154 Å².